The minimum Gasteiger partial charge on any atom is -0.335 e. The van der Waals surface area contributed by atoms with Gasteiger partial charge in [-0.15, -0.1) is 23.2 Å². The summed E-state index contributed by atoms with van der Waals surface area (Å²) in [6.45, 7) is 6.48. The van der Waals surface area contributed by atoms with Gasteiger partial charge in [-0.25, -0.2) is 0 Å². The molecule has 0 fully saturated rings. The van der Waals surface area contributed by atoms with E-state index in [4.69, 9.17) is 23.2 Å². The second kappa shape index (κ2) is 6.52. The zero-order valence-corrected chi connectivity index (χ0v) is 10.7. The minimum atomic E-state index is -0.303. The van der Waals surface area contributed by atoms with Crippen molar-refractivity contribution in [3.8, 4) is 0 Å². The van der Waals surface area contributed by atoms with Gasteiger partial charge in [-0.3, -0.25) is 4.79 Å². The van der Waals surface area contributed by atoms with Crippen molar-refractivity contribution in [2.24, 2.45) is 0 Å². The van der Waals surface area contributed by atoms with E-state index in [1.165, 1.54) is 0 Å². The molecular weight excluding hydrogens is 221 g/mol. The molecule has 0 atom stereocenters. The van der Waals surface area contributed by atoms with E-state index in [1.54, 1.807) is 4.90 Å². The Bertz CT molecular complexity index is 183. The fourth-order valence-electron chi connectivity index (χ4n) is 1.27. The van der Waals surface area contributed by atoms with Gasteiger partial charge in [0.25, 0.3) is 0 Å². The van der Waals surface area contributed by atoms with Crippen molar-refractivity contribution in [3.63, 3.8) is 0 Å². The molecule has 0 rings (SSSR count). The first-order valence-corrected chi connectivity index (χ1v) is 5.99. The zero-order chi connectivity index (χ0) is 11.2. The summed E-state index contributed by atoms with van der Waals surface area (Å²) in [7, 11) is 0. The van der Waals surface area contributed by atoms with Crippen LogP contribution in [-0.2, 0) is 4.79 Å². The molecule has 0 radical (unpaired) electrons. The van der Waals surface area contributed by atoms with Crippen LogP contribution in [0.25, 0.3) is 0 Å². The molecule has 0 unspecified atom stereocenters. The third kappa shape index (κ3) is 4.05. The first-order valence-electron chi connectivity index (χ1n) is 4.92. The number of hydrogen-bond acceptors (Lipinski definition) is 1. The van der Waals surface area contributed by atoms with Crippen molar-refractivity contribution < 1.29 is 4.79 Å². The molecule has 1 amide bonds. The molecule has 0 aliphatic carbocycles. The van der Waals surface area contributed by atoms with Crippen LogP contribution in [0.15, 0.2) is 0 Å². The zero-order valence-electron chi connectivity index (χ0n) is 9.15. The van der Waals surface area contributed by atoms with Crippen molar-refractivity contribution in [1.29, 1.82) is 0 Å². The molecule has 0 aromatic carbocycles. The number of amides is 1. The lowest BCUT2D eigenvalue weighted by Gasteiger charge is -2.37. The molecule has 14 heavy (non-hydrogen) atoms. The maximum Gasteiger partial charge on any atom is 0.223 e. The highest BCUT2D eigenvalue weighted by atomic mass is 35.5. The molecule has 0 bridgehead atoms. The third-order valence-electron chi connectivity index (χ3n) is 2.13. The predicted octanol–water partition coefficient (Wildman–Crippen LogP) is 2.87. The van der Waals surface area contributed by atoms with Gasteiger partial charge < -0.3 is 4.90 Å². The molecular formula is C10H19Cl2NO. The molecule has 0 saturated carbocycles. The van der Waals surface area contributed by atoms with Gasteiger partial charge in [0, 0.05) is 24.7 Å². The molecule has 0 aliphatic heterocycles. The van der Waals surface area contributed by atoms with Crippen LogP contribution >= 0.6 is 23.2 Å². The Morgan fingerprint density at radius 2 is 1.93 bits per heavy atom. The molecule has 0 aromatic rings. The average molecular weight is 240 g/mol. The number of nitrogens with zero attached hydrogens (tertiary/aromatic N) is 1. The van der Waals surface area contributed by atoms with E-state index in [2.05, 4.69) is 0 Å². The molecule has 0 heterocycles. The SMILES string of the molecule is CCCC(=O)N(CCCl)C(C)(C)CCl. The number of carbonyl (C=O) groups excluding carboxylic acids is 1. The maximum absolute atomic E-state index is 11.7. The lowest BCUT2D eigenvalue weighted by Crippen LogP contribution is -2.49. The quantitative estimate of drug-likeness (QED) is 0.654. The van der Waals surface area contributed by atoms with Crippen LogP contribution < -0.4 is 0 Å². The molecule has 0 N–H and O–H groups in total. The van der Waals surface area contributed by atoms with Gasteiger partial charge in [-0.05, 0) is 20.3 Å². The molecule has 0 saturated heterocycles. The summed E-state index contributed by atoms with van der Waals surface area (Å²) in [5.41, 5.74) is -0.303. The summed E-state index contributed by atoms with van der Waals surface area (Å²) in [5.74, 6) is 1.02. The Morgan fingerprint density at radius 3 is 2.29 bits per heavy atom. The van der Waals surface area contributed by atoms with Gasteiger partial charge in [0.1, 0.15) is 0 Å². The monoisotopic (exact) mass is 239 g/mol. The van der Waals surface area contributed by atoms with Crippen LogP contribution in [0.4, 0.5) is 0 Å². The largest absolute Gasteiger partial charge is 0.335 e. The van der Waals surface area contributed by atoms with Crippen LogP contribution in [0.2, 0.25) is 0 Å². The van der Waals surface area contributed by atoms with E-state index in [0.29, 0.717) is 24.7 Å². The Kier molecular flexibility index (Phi) is 6.54. The van der Waals surface area contributed by atoms with Gasteiger partial charge in [0.05, 0.1) is 5.54 Å². The van der Waals surface area contributed by atoms with Gasteiger partial charge in [-0.1, -0.05) is 6.92 Å². The summed E-state index contributed by atoms with van der Waals surface area (Å²) in [4.78, 5) is 13.5. The highest BCUT2D eigenvalue weighted by molar-refractivity contribution is 6.19. The van der Waals surface area contributed by atoms with Crippen LogP contribution in [0, 0.1) is 0 Å². The standard InChI is InChI=1S/C10H19Cl2NO/c1-4-5-9(14)13(7-6-11)10(2,3)8-12/h4-8H2,1-3H3. The van der Waals surface area contributed by atoms with Crippen molar-refractivity contribution in [3.05, 3.63) is 0 Å². The highest BCUT2D eigenvalue weighted by Gasteiger charge is 2.28. The fourth-order valence-corrected chi connectivity index (χ4v) is 1.58. The topological polar surface area (TPSA) is 20.3 Å². The second-order valence-electron chi connectivity index (χ2n) is 3.93. The summed E-state index contributed by atoms with van der Waals surface area (Å²) < 4.78 is 0. The minimum absolute atomic E-state index is 0.138. The van der Waals surface area contributed by atoms with Crippen molar-refractivity contribution in [1.82, 2.24) is 4.90 Å². The van der Waals surface area contributed by atoms with Crippen LogP contribution in [0.1, 0.15) is 33.6 Å². The van der Waals surface area contributed by atoms with E-state index in [-0.39, 0.29) is 11.4 Å². The Hall–Kier alpha value is 0.0500. The Balaban J connectivity index is 4.49. The maximum atomic E-state index is 11.7. The number of halogens is 2. The molecule has 0 aliphatic rings. The summed E-state index contributed by atoms with van der Waals surface area (Å²) >= 11 is 11.5. The summed E-state index contributed by atoms with van der Waals surface area (Å²) in [5, 5.41) is 0. The molecule has 2 nitrogen and oxygen atoms in total. The third-order valence-corrected chi connectivity index (χ3v) is 2.95. The number of rotatable bonds is 6. The normalized spacial score (nSPS) is 11.5. The van der Waals surface area contributed by atoms with E-state index >= 15 is 0 Å². The average Bonchev–Trinajstić information content (AvgIpc) is 2.14. The van der Waals surface area contributed by atoms with Crippen molar-refractivity contribution >= 4 is 29.1 Å². The highest BCUT2D eigenvalue weighted by Crippen LogP contribution is 2.18. The lowest BCUT2D eigenvalue weighted by molar-refractivity contribution is -0.135. The van der Waals surface area contributed by atoms with Crippen LogP contribution in [-0.4, -0.2) is 34.7 Å². The predicted molar refractivity (Wildman–Crippen MR) is 62.1 cm³/mol. The van der Waals surface area contributed by atoms with E-state index < -0.39 is 0 Å². The van der Waals surface area contributed by atoms with Gasteiger partial charge >= 0.3 is 0 Å². The number of alkyl halides is 2. The van der Waals surface area contributed by atoms with E-state index in [0.717, 1.165) is 6.42 Å². The van der Waals surface area contributed by atoms with E-state index in [9.17, 15) is 4.79 Å². The molecule has 0 aromatic heterocycles. The molecule has 4 heteroatoms. The van der Waals surface area contributed by atoms with Gasteiger partial charge in [0.15, 0.2) is 0 Å². The summed E-state index contributed by atoms with van der Waals surface area (Å²) in [6, 6.07) is 0. The molecule has 84 valence electrons. The summed E-state index contributed by atoms with van der Waals surface area (Å²) in [6.07, 6.45) is 1.42. The van der Waals surface area contributed by atoms with E-state index in [1.807, 2.05) is 20.8 Å². The Labute approximate surface area is 96.6 Å². The van der Waals surface area contributed by atoms with Crippen molar-refractivity contribution in [2.45, 2.75) is 39.2 Å². The molecule has 0 spiro atoms. The first-order chi connectivity index (χ1) is 6.49. The van der Waals surface area contributed by atoms with Gasteiger partial charge in [-0.2, -0.15) is 0 Å². The fraction of sp³-hybridized carbons (Fsp3) is 0.900. The number of hydrogen-bond donors (Lipinski definition) is 0. The number of carbonyl (C=O) groups is 1. The van der Waals surface area contributed by atoms with Crippen LogP contribution in [0.3, 0.4) is 0 Å². The van der Waals surface area contributed by atoms with Gasteiger partial charge in [0.2, 0.25) is 5.91 Å². The smallest absolute Gasteiger partial charge is 0.223 e. The van der Waals surface area contributed by atoms with Crippen LogP contribution in [0.5, 0.6) is 0 Å². The van der Waals surface area contributed by atoms with Crippen molar-refractivity contribution in [2.75, 3.05) is 18.3 Å². The Morgan fingerprint density at radius 1 is 1.36 bits per heavy atom. The first kappa shape index (κ1) is 14.1. The lowest BCUT2D eigenvalue weighted by atomic mass is 10.0. The second-order valence-corrected chi connectivity index (χ2v) is 4.58.